The number of nitrogens with zero attached hydrogens (tertiary/aromatic N) is 1. The molecule has 0 atom stereocenters. The van der Waals surface area contributed by atoms with Gasteiger partial charge < -0.3 is 4.43 Å². The van der Waals surface area contributed by atoms with Gasteiger partial charge in [-0.15, -0.1) is 0 Å². The van der Waals surface area contributed by atoms with E-state index in [1.165, 1.54) is 0 Å². The van der Waals surface area contributed by atoms with Crippen molar-refractivity contribution in [3.05, 3.63) is 29.3 Å². The average Bonchev–Trinajstić information content (AvgIpc) is 2.19. The summed E-state index contributed by atoms with van der Waals surface area (Å²) in [6, 6.07) is 7.77. The Balaban J connectivity index is 3.08. The van der Waals surface area contributed by atoms with Crippen LogP contribution in [0.3, 0.4) is 0 Å². The summed E-state index contributed by atoms with van der Waals surface area (Å²) >= 11 is 0. The van der Waals surface area contributed by atoms with Crippen LogP contribution in [-0.2, 0) is 0 Å². The van der Waals surface area contributed by atoms with Crippen LogP contribution >= 0.6 is 0 Å². The van der Waals surface area contributed by atoms with Crippen molar-refractivity contribution in [2.24, 2.45) is 0 Å². The third-order valence-corrected chi connectivity index (χ3v) is 7.83. The molecule has 1 aromatic carbocycles. The Morgan fingerprint density at radius 2 is 1.82 bits per heavy atom. The molecule has 0 amide bonds. The Bertz CT molecular complexity index is 452. The molecule has 0 aromatic heterocycles. The number of aryl methyl sites for hydroxylation is 1. The minimum absolute atomic E-state index is 0.169. The van der Waals surface area contributed by atoms with E-state index in [2.05, 4.69) is 39.9 Å². The Morgan fingerprint density at radius 1 is 1.24 bits per heavy atom. The normalized spacial score (nSPS) is 12.1. The van der Waals surface area contributed by atoms with Crippen LogP contribution < -0.4 is 4.43 Å². The van der Waals surface area contributed by atoms with Gasteiger partial charge in [0.15, 0.2) is 0 Å². The molecule has 0 aliphatic heterocycles. The van der Waals surface area contributed by atoms with Crippen LogP contribution in [0.1, 0.15) is 31.9 Å². The van der Waals surface area contributed by atoms with Gasteiger partial charge in [0.25, 0.3) is 0 Å². The van der Waals surface area contributed by atoms with Gasteiger partial charge in [-0.3, -0.25) is 0 Å². The van der Waals surface area contributed by atoms with Crippen LogP contribution in [-0.4, -0.2) is 8.32 Å². The van der Waals surface area contributed by atoms with Gasteiger partial charge in [-0.05, 0) is 42.8 Å². The smallest absolute Gasteiger partial charge is 0.250 e. The maximum absolute atomic E-state index is 8.92. The molecule has 3 heteroatoms. The molecule has 0 bridgehead atoms. The highest BCUT2D eigenvalue weighted by atomic mass is 28.4. The van der Waals surface area contributed by atoms with E-state index in [0.29, 0.717) is 5.56 Å². The fourth-order valence-electron chi connectivity index (χ4n) is 1.21. The molecule has 0 unspecified atom stereocenters. The monoisotopic (exact) mass is 247 g/mol. The van der Waals surface area contributed by atoms with Crippen LogP contribution in [0.2, 0.25) is 18.1 Å². The molecule has 2 nitrogen and oxygen atoms in total. The number of hydrogen-bond acceptors (Lipinski definition) is 2. The van der Waals surface area contributed by atoms with E-state index >= 15 is 0 Å². The molecule has 92 valence electrons. The van der Waals surface area contributed by atoms with Crippen molar-refractivity contribution in [2.45, 2.75) is 45.8 Å². The van der Waals surface area contributed by atoms with Crippen molar-refractivity contribution in [3.63, 3.8) is 0 Å². The van der Waals surface area contributed by atoms with Crippen molar-refractivity contribution in [3.8, 4) is 11.8 Å². The zero-order chi connectivity index (χ0) is 13.3. The maximum atomic E-state index is 8.92. The van der Waals surface area contributed by atoms with Gasteiger partial charge in [-0.2, -0.15) is 5.26 Å². The average molecular weight is 247 g/mol. The Kier molecular flexibility index (Phi) is 3.68. The Hall–Kier alpha value is -1.27. The van der Waals surface area contributed by atoms with Crippen molar-refractivity contribution in [1.29, 1.82) is 5.26 Å². The molecule has 1 rings (SSSR count). The van der Waals surface area contributed by atoms with E-state index in [-0.39, 0.29) is 5.04 Å². The lowest BCUT2D eigenvalue weighted by molar-refractivity contribution is 0.489. The van der Waals surface area contributed by atoms with Crippen LogP contribution in [0, 0.1) is 18.3 Å². The van der Waals surface area contributed by atoms with Crippen LogP contribution in [0.15, 0.2) is 18.2 Å². The third kappa shape index (κ3) is 3.10. The predicted octanol–water partition coefficient (Wildman–Crippen LogP) is 4.25. The molecular formula is C14H21NOSi. The highest BCUT2D eigenvalue weighted by Gasteiger charge is 2.39. The predicted molar refractivity (Wildman–Crippen MR) is 73.7 cm³/mol. The van der Waals surface area contributed by atoms with Crippen molar-refractivity contribution < 1.29 is 4.43 Å². The standard InChI is InChI=1S/C14H21NOSi/c1-11-7-8-12(10-15)9-13(11)16-17(5,6)14(2,3)4/h7-9H,1-6H3. The summed E-state index contributed by atoms with van der Waals surface area (Å²) in [6.45, 7) is 13.1. The molecule has 0 aliphatic rings. The number of hydrogen-bond donors (Lipinski definition) is 0. The van der Waals surface area contributed by atoms with E-state index in [9.17, 15) is 0 Å². The van der Waals surface area contributed by atoms with Crippen molar-refractivity contribution >= 4 is 8.32 Å². The van der Waals surface area contributed by atoms with Crippen LogP contribution in [0.5, 0.6) is 5.75 Å². The van der Waals surface area contributed by atoms with Gasteiger partial charge in [-0.25, -0.2) is 0 Å². The van der Waals surface area contributed by atoms with Crippen molar-refractivity contribution in [1.82, 2.24) is 0 Å². The summed E-state index contributed by atoms with van der Waals surface area (Å²) in [6.07, 6.45) is 0. The molecule has 0 spiro atoms. The lowest BCUT2D eigenvalue weighted by atomic mass is 10.1. The fourth-order valence-corrected chi connectivity index (χ4v) is 2.28. The summed E-state index contributed by atoms with van der Waals surface area (Å²) in [5.41, 5.74) is 1.75. The first-order chi connectivity index (χ1) is 7.67. The van der Waals surface area contributed by atoms with Gasteiger partial charge in [-0.1, -0.05) is 26.8 Å². The quantitative estimate of drug-likeness (QED) is 0.732. The fraction of sp³-hybridized carbons (Fsp3) is 0.500. The third-order valence-electron chi connectivity index (χ3n) is 3.49. The molecule has 0 saturated carbocycles. The zero-order valence-electron chi connectivity index (χ0n) is 11.6. The number of nitriles is 1. The van der Waals surface area contributed by atoms with Gasteiger partial charge in [0, 0.05) is 0 Å². The first kappa shape index (κ1) is 13.8. The van der Waals surface area contributed by atoms with Gasteiger partial charge in [0.05, 0.1) is 11.6 Å². The molecule has 0 aliphatic carbocycles. The summed E-state index contributed by atoms with van der Waals surface area (Å²) in [5.74, 6) is 0.857. The van der Waals surface area contributed by atoms with Gasteiger partial charge in [0.2, 0.25) is 8.32 Å². The molecule has 0 saturated heterocycles. The highest BCUT2D eigenvalue weighted by molar-refractivity contribution is 6.74. The van der Waals surface area contributed by atoms with E-state index in [1.807, 2.05) is 25.1 Å². The second-order valence-corrected chi connectivity index (χ2v) is 10.7. The van der Waals surface area contributed by atoms with Gasteiger partial charge in [0.1, 0.15) is 5.75 Å². The second-order valence-electron chi connectivity index (χ2n) is 5.95. The maximum Gasteiger partial charge on any atom is 0.250 e. The molecular weight excluding hydrogens is 226 g/mol. The van der Waals surface area contributed by atoms with Crippen LogP contribution in [0.25, 0.3) is 0 Å². The van der Waals surface area contributed by atoms with Crippen molar-refractivity contribution in [2.75, 3.05) is 0 Å². The van der Waals surface area contributed by atoms with E-state index in [1.54, 1.807) is 0 Å². The Labute approximate surface area is 105 Å². The Morgan fingerprint density at radius 3 is 2.29 bits per heavy atom. The lowest BCUT2D eigenvalue weighted by Crippen LogP contribution is -2.44. The first-order valence-corrected chi connectivity index (χ1v) is 8.78. The molecule has 17 heavy (non-hydrogen) atoms. The minimum atomic E-state index is -1.82. The summed E-state index contributed by atoms with van der Waals surface area (Å²) in [5, 5.41) is 9.09. The zero-order valence-corrected chi connectivity index (χ0v) is 12.6. The molecule has 0 fully saturated rings. The number of rotatable bonds is 2. The molecule has 0 N–H and O–H groups in total. The molecule has 1 aromatic rings. The van der Waals surface area contributed by atoms with E-state index < -0.39 is 8.32 Å². The first-order valence-electron chi connectivity index (χ1n) is 5.87. The van der Waals surface area contributed by atoms with E-state index in [4.69, 9.17) is 9.69 Å². The van der Waals surface area contributed by atoms with Crippen LogP contribution in [0.4, 0.5) is 0 Å². The lowest BCUT2D eigenvalue weighted by Gasteiger charge is -2.36. The summed E-state index contributed by atoms with van der Waals surface area (Å²) in [7, 11) is -1.82. The highest BCUT2D eigenvalue weighted by Crippen LogP contribution is 2.38. The molecule has 0 radical (unpaired) electrons. The van der Waals surface area contributed by atoms with E-state index in [0.717, 1.165) is 11.3 Å². The summed E-state index contributed by atoms with van der Waals surface area (Å²) < 4.78 is 6.23. The number of benzene rings is 1. The van der Waals surface area contributed by atoms with Gasteiger partial charge >= 0.3 is 0 Å². The topological polar surface area (TPSA) is 33.0 Å². The second kappa shape index (κ2) is 4.54. The summed E-state index contributed by atoms with van der Waals surface area (Å²) in [4.78, 5) is 0. The largest absolute Gasteiger partial charge is 0.543 e. The molecule has 0 heterocycles. The SMILES string of the molecule is Cc1ccc(C#N)cc1O[Si](C)(C)C(C)(C)C. The minimum Gasteiger partial charge on any atom is -0.543 e.